The van der Waals surface area contributed by atoms with Gasteiger partial charge in [0.15, 0.2) is 0 Å². The molecule has 0 spiro atoms. The van der Waals surface area contributed by atoms with Gasteiger partial charge < -0.3 is 4.74 Å². The van der Waals surface area contributed by atoms with Gasteiger partial charge in [0.2, 0.25) is 0 Å². The molecule has 0 unspecified atom stereocenters. The second-order valence-electron chi connectivity index (χ2n) is 2.96. The zero-order valence-electron chi connectivity index (χ0n) is 8.13. The molecule has 0 saturated carbocycles. The Hall–Kier alpha value is -0.120. The van der Waals surface area contributed by atoms with Crippen molar-refractivity contribution in [1.82, 2.24) is 0 Å². The molecule has 1 aromatic carbocycles. The number of methoxy groups -OCH3 is 1. The lowest BCUT2D eigenvalue weighted by molar-refractivity contribution is 0.259. The third kappa shape index (κ3) is 2.93. The normalized spacial score (nSPS) is 10.5. The predicted molar refractivity (Wildman–Crippen MR) is 60.9 cm³/mol. The second-order valence-corrected chi connectivity index (χ2v) is 4.40. The summed E-state index contributed by atoms with van der Waals surface area (Å²) in [6.07, 6.45) is 0. The van der Waals surface area contributed by atoms with E-state index >= 15 is 0 Å². The molecule has 0 amide bonds. The summed E-state index contributed by atoms with van der Waals surface area (Å²) in [5, 5.41) is 0. The third-order valence-corrected chi connectivity index (χ3v) is 3.41. The van der Waals surface area contributed by atoms with E-state index in [0.717, 1.165) is 4.90 Å². The highest BCUT2D eigenvalue weighted by molar-refractivity contribution is 7.99. The average Bonchev–Trinajstić information content (AvgIpc) is 2.09. The van der Waals surface area contributed by atoms with Gasteiger partial charge >= 0.3 is 0 Å². The van der Waals surface area contributed by atoms with Crippen LogP contribution in [-0.4, -0.2) is 13.0 Å². The molecule has 1 aromatic rings. The van der Waals surface area contributed by atoms with E-state index in [2.05, 4.69) is 38.6 Å². The van der Waals surface area contributed by atoms with Gasteiger partial charge in [-0.15, -0.1) is 12.6 Å². The van der Waals surface area contributed by atoms with Crippen molar-refractivity contribution in [3.8, 4) is 0 Å². The van der Waals surface area contributed by atoms with E-state index < -0.39 is 0 Å². The largest absolute Gasteiger partial charge is 0.374 e. The lowest BCUT2D eigenvalue weighted by Crippen LogP contribution is -1.87. The number of aryl methyl sites for hydroxylation is 2. The molecule has 0 fully saturated rings. The first-order valence-electron chi connectivity index (χ1n) is 4.07. The molecule has 0 aliphatic heterocycles. The van der Waals surface area contributed by atoms with E-state index in [0.29, 0.717) is 5.94 Å². The quantitative estimate of drug-likeness (QED) is 0.470. The first-order chi connectivity index (χ1) is 6.15. The van der Waals surface area contributed by atoms with E-state index in [4.69, 9.17) is 4.74 Å². The van der Waals surface area contributed by atoms with Crippen LogP contribution in [0, 0.1) is 13.8 Å². The zero-order valence-corrected chi connectivity index (χ0v) is 9.84. The van der Waals surface area contributed by atoms with Crippen LogP contribution in [0.15, 0.2) is 21.9 Å². The van der Waals surface area contributed by atoms with Crippen LogP contribution in [0.5, 0.6) is 0 Å². The Morgan fingerprint density at radius 2 is 2.00 bits per heavy atom. The average molecular weight is 214 g/mol. The number of benzene rings is 1. The summed E-state index contributed by atoms with van der Waals surface area (Å²) >= 11 is 6.08. The molecule has 0 heterocycles. The maximum Gasteiger partial charge on any atom is 0.0963 e. The van der Waals surface area contributed by atoms with Crippen molar-refractivity contribution >= 4 is 24.4 Å². The Kier molecular flexibility index (Phi) is 4.16. The van der Waals surface area contributed by atoms with Crippen LogP contribution in [0.1, 0.15) is 11.1 Å². The van der Waals surface area contributed by atoms with Crippen molar-refractivity contribution in [2.45, 2.75) is 23.6 Å². The summed E-state index contributed by atoms with van der Waals surface area (Å²) < 4.78 is 5.01. The van der Waals surface area contributed by atoms with Crippen molar-refractivity contribution in [2.24, 2.45) is 0 Å². The van der Waals surface area contributed by atoms with Gasteiger partial charge in [-0.2, -0.15) is 0 Å². The summed E-state index contributed by atoms with van der Waals surface area (Å²) in [4.78, 5) is 2.29. The van der Waals surface area contributed by atoms with Crippen LogP contribution in [0.2, 0.25) is 0 Å². The fraction of sp³-hybridized carbons (Fsp3) is 0.400. The van der Waals surface area contributed by atoms with E-state index in [9.17, 15) is 0 Å². The van der Waals surface area contributed by atoms with E-state index in [1.165, 1.54) is 16.0 Å². The third-order valence-electron chi connectivity index (χ3n) is 1.83. The van der Waals surface area contributed by atoms with Gasteiger partial charge in [-0.3, -0.25) is 0 Å². The lowest BCUT2D eigenvalue weighted by Gasteiger charge is -2.07. The zero-order chi connectivity index (χ0) is 9.84. The van der Waals surface area contributed by atoms with Crippen molar-refractivity contribution in [3.05, 3.63) is 23.3 Å². The monoisotopic (exact) mass is 214 g/mol. The van der Waals surface area contributed by atoms with Gasteiger partial charge in [-0.05, 0) is 31.0 Å². The van der Waals surface area contributed by atoms with Gasteiger partial charge in [-0.1, -0.05) is 17.8 Å². The topological polar surface area (TPSA) is 9.23 Å². The molecule has 1 nitrogen and oxygen atoms in total. The minimum absolute atomic E-state index is 0.692. The summed E-state index contributed by atoms with van der Waals surface area (Å²) in [6.45, 7) is 4.18. The molecule has 0 atom stereocenters. The van der Waals surface area contributed by atoms with Crippen molar-refractivity contribution in [1.29, 1.82) is 0 Å². The highest BCUT2D eigenvalue weighted by atomic mass is 32.2. The Bertz CT molecular complexity index is 297. The van der Waals surface area contributed by atoms with Crippen LogP contribution in [0.25, 0.3) is 0 Å². The molecule has 0 saturated heterocycles. The van der Waals surface area contributed by atoms with Crippen LogP contribution in [0.4, 0.5) is 0 Å². The van der Waals surface area contributed by atoms with Crippen LogP contribution < -0.4 is 0 Å². The Labute approximate surface area is 89.3 Å². The van der Waals surface area contributed by atoms with Crippen LogP contribution in [-0.2, 0) is 4.74 Å². The molecule has 72 valence electrons. The van der Waals surface area contributed by atoms with Gasteiger partial charge in [-0.25, -0.2) is 0 Å². The maximum atomic E-state index is 5.01. The minimum atomic E-state index is 0.692. The smallest absolute Gasteiger partial charge is 0.0963 e. The molecule has 0 bridgehead atoms. The SMILES string of the molecule is COCSc1cc(S)c(C)cc1C. The number of ether oxygens (including phenoxy) is 1. The molecule has 1 rings (SSSR count). The molecule has 0 aliphatic carbocycles. The van der Waals surface area contributed by atoms with Gasteiger partial charge in [0.05, 0.1) is 5.94 Å². The Morgan fingerprint density at radius 1 is 1.31 bits per heavy atom. The second kappa shape index (κ2) is 4.94. The fourth-order valence-electron chi connectivity index (χ4n) is 1.10. The molecule has 0 radical (unpaired) electrons. The number of thiol groups is 1. The van der Waals surface area contributed by atoms with Crippen molar-refractivity contribution in [3.63, 3.8) is 0 Å². The summed E-state index contributed by atoms with van der Waals surface area (Å²) in [6, 6.07) is 4.25. The highest BCUT2D eigenvalue weighted by Gasteiger charge is 2.02. The standard InChI is InChI=1S/C10H14OS2/c1-7-4-8(2)10(5-9(7)12)13-6-11-3/h4-5,12H,6H2,1-3H3. The molecule has 13 heavy (non-hydrogen) atoms. The predicted octanol–water partition coefficient (Wildman–Crippen LogP) is 3.29. The van der Waals surface area contributed by atoms with Gasteiger partial charge in [0.25, 0.3) is 0 Å². The molecule has 0 N–H and O–H groups in total. The number of thioether (sulfide) groups is 1. The van der Waals surface area contributed by atoms with Crippen LogP contribution in [0.3, 0.4) is 0 Å². The molecule has 3 heteroatoms. The first kappa shape index (κ1) is 11.0. The Balaban J connectivity index is 2.88. The van der Waals surface area contributed by atoms with E-state index in [-0.39, 0.29) is 0 Å². The highest BCUT2D eigenvalue weighted by Crippen LogP contribution is 2.27. The Morgan fingerprint density at radius 3 is 2.62 bits per heavy atom. The fourth-order valence-corrected chi connectivity index (χ4v) is 2.11. The van der Waals surface area contributed by atoms with Gasteiger partial charge in [0, 0.05) is 16.9 Å². The minimum Gasteiger partial charge on any atom is -0.374 e. The summed E-state index contributed by atoms with van der Waals surface area (Å²) in [5.74, 6) is 0.692. The van der Waals surface area contributed by atoms with Crippen molar-refractivity contribution < 1.29 is 4.74 Å². The first-order valence-corrected chi connectivity index (χ1v) is 5.50. The van der Waals surface area contributed by atoms with E-state index in [1.54, 1.807) is 18.9 Å². The number of hydrogen-bond acceptors (Lipinski definition) is 3. The van der Waals surface area contributed by atoms with Crippen molar-refractivity contribution in [2.75, 3.05) is 13.0 Å². The maximum absolute atomic E-state index is 5.01. The van der Waals surface area contributed by atoms with E-state index in [1.807, 2.05) is 0 Å². The molecule has 0 aliphatic rings. The number of hydrogen-bond donors (Lipinski definition) is 1. The lowest BCUT2D eigenvalue weighted by atomic mass is 10.2. The molecular formula is C10H14OS2. The summed E-state index contributed by atoms with van der Waals surface area (Å²) in [5.41, 5.74) is 2.51. The van der Waals surface area contributed by atoms with Gasteiger partial charge in [0.1, 0.15) is 0 Å². The summed E-state index contributed by atoms with van der Waals surface area (Å²) in [7, 11) is 1.71. The number of rotatable bonds is 3. The molecular weight excluding hydrogens is 200 g/mol. The molecule has 0 aromatic heterocycles. The van der Waals surface area contributed by atoms with Crippen LogP contribution >= 0.6 is 24.4 Å².